The van der Waals surface area contributed by atoms with Gasteiger partial charge in [0.1, 0.15) is 0 Å². The average molecular weight is 325 g/mol. The lowest BCUT2D eigenvalue weighted by molar-refractivity contribution is -0.122. The molecule has 0 spiro atoms. The van der Waals surface area contributed by atoms with Crippen LogP contribution in [0.2, 0.25) is 0 Å². The summed E-state index contributed by atoms with van der Waals surface area (Å²) >= 11 is 0. The standard InChI is InChI=1S/C17H31N3O3/c1-23-12-9-18-16(21)13-14-7-10-20(11-8-14)17(22)19-15-5-3-2-4-6-15/h14-15H,2-13H2,1H3,(H,18,21)(H,19,22). The molecule has 0 aromatic heterocycles. The molecule has 0 atom stereocenters. The Morgan fingerprint density at radius 3 is 2.43 bits per heavy atom. The van der Waals surface area contributed by atoms with Crippen molar-refractivity contribution in [3.8, 4) is 0 Å². The van der Waals surface area contributed by atoms with Crippen molar-refractivity contribution in [1.82, 2.24) is 15.5 Å². The van der Waals surface area contributed by atoms with E-state index >= 15 is 0 Å². The molecule has 0 aromatic carbocycles. The monoisotopic (exact) mass is 325 g/mol. The van der Waals surface area contributed by atoms with Crippen molar-refractivity contribution in [2.45, 2.75) is 57.4 Å². The van der Waals surface area contributed by atoms with Crippen molar-refractivity contribution in [3.05, 3.63) is 0 Å². The van der Waals surface area contributed by atoms with E-state index in [1.165, 1.54) is 19.3 Å². The highest BCUT2D eigenvalue weighted by molar-refractivity contribution is 5.76. The van der Waals surface area contributed by atoms with Gasteiger partial charge in [-0.15, -0.1) is 0 Å². The smallest absolute Gasteiger partial charge is 0.317 e. The Balaban J connectivity index is 1.62. The fraction of sp³-hybridized carbons (Fsp3) is 0.882. The summed E-state index contributed by atoms with van der Waals surface area (Å²) in [5, 5.41) is 6.03. The van der Waals surface area contributed by atoms with E-state index in [-0.39, 0.29) is 11.9 Å². The highest BCUT2D eigenvalue weighted by atomic mass is 16.5. The second-order valence-corrected chi connectivity index (χ2v) is 6.76. The van der Waals surface area contributed by atoms with Gasteiger partial charge in [-0.05, 0) is 31.6 Å². The Hall–Kier alpha value is -1.30. The predicted molar refractivity (Wildman–Crippen MR) is 89.2 cm³/mol. The molecule has 0 unspecified atom stereocenters. The number of hydrogen-bond donors (Lipinski definition) is 2. The second-order valence-electron chi connectivity index (χ2n) is 6.76. The quantitative estimate of drug-likeness (QED) is 0.733. The van der Waals surface area contributed by atoms with E-state index < -0.39 is 0 Å². The minimum absolute atomic E-state index is 0.0832. The van der Waals surface area contributed by atoms with Crippen LogP contribution in [0.1, 0.15) is 51.4 Å². The van der Waals surface area contributed by atoms with Crippen LogP contribution in [0.15, 0.2) is 0 Å². The molecule has 2 fully saturated rings. The third kappa shape index (κ3) is 6.37. The van der Waals surface area contributed by atoms with Gasteiger partial charge in [0.25, 0.3) is 0 Å². The van der Waals surface area contributed by atoms with Crippen LogP contribution in [0, 0.1) is 5.92 Å². The largest absolute Gasteiger partial charge is 0.383 e. The minimum atomic E-state index is 0.0832. The fourth-order valence-electron chi connectivity index (χ4n) is 3.48. The lowest BCUT2D eigenvalue weighted by atomic mass is 9.93. The van der Waals surface area contributed by atoms with E-state index in [1.54, 1.807) is 7.11 Å². The van der Waals surface area contributed by atoms with Gasteiger partial charge < -0.3 is 20.3 Å². The molecule has 132 valence electrons. The molecule has 2 rings (SSSR count). The van der Waals surface area contributed by atoms with Crippen molar-refractivity contribution in [2.75, 3.05) is 33.4 Å². The van der Waals surface area contributed by atoms with E-state index in [1.807, 2.05) is 4.90 Å². The minimum Gasteiger partial charge on any atom is -0.383 e. The fourth-order valence-corrected chi connectivity index (χ4v) is 3.48. The van der Waals surface area contributed by atoms with Gasteiger partial charge in [0.15, 0.2) is 0 Å². The molecular weight excluding hydrogens is 294 g/mol. The summed E-state index contributed by atoms with van der Waals surface area (Å²) < 4.78 is 4.92. The molecule has 2 N–H and O–H groups in total. The summed E-state index contributed by atoms with van der Waals surface area (Å²) in [6, 6.07) is 0.445. The summed E-state index contributed by atoms with van der Waals surface area (Å²) in [4.78, 5) is 26.0. The number of ether oxygens (including phenoxy) is 1. The third-order valence-electron chi connectivity index (χ3n) is 4.94. The molecule has 1 aliphatic carbocycles. The highest BCUT2D eigenvalue weighted by Gasteiger charge is 2.26. The van der Waals surface area contributed by atoms with Crippen LogP contribution in [0.5, 0.6) is 0 Å². The van der Waals surface area contributed by atoms with Crippen molar-refractivity contribution in [1.29, 1.82) is 0 Å². The number of piperidine rings is 1. The van der Waals surface area contributed by atoms with Crippen LogP contribution in [-0.4, -0.2) is 56.2 Å². The lowest BCUT2D eigenvalue weighted by Gasteiger charge is -2.33. The summed E-state index contributed by atoms with van der Waals surface area (Å²) in [6.07, 6.45) is 8.36. The van der Waals surface area contributed by atoms with E-state index in [0.29, 0.717) is 31.5 Å². The Bertz CT molecular complexity index is 375. The average Bonchev–Trinajstić information content (AvgIpc) is 2.56. The van der Waals surface area contributed by atoms with Crippen LogP contribution < -0.4 is 10.6 Å². The Kier molecular flexibility index (Phi) is 7.65. The summed E-state index contributed by atoms with van der Waals surface area (Å²) in [7, 11) is 1.63. The highest BCUT2D eigenvalue weighted by Crippen LogP contribution is 2.21. The van der Waals surface area contributed by atoms with Gasteiger partial charge in [0.05, 0.1) is 6.61 Å². The molecule has 1 aliphatic heterocycles. The number of carbonyl (C=O) groups is 2. The van der Waals surface area contributed by atoms with Crippen molar-refractivity contribution in [2.24, 2.45) is 5.92 Å². The zero-order chi connectivity index (χ0) is 16.5. The predicted octanol–water partition coefficient (Wildman–Crippen LogP) is 1.89. The molecule has 6 nitrogen and oxygen atoms in total. The van der Waals surface area contributed by atoms with Crippen molar-refractivity contribution >= 4 is 11.9 Å². The van der Waals surface area contributed by atoms with E-state index in [2.05, 4.69) is 10.6 Å². The van der Waals surface area contributed by atoms with Crippen LogP contribution in [-0.2, 0) is 9.53 Å². The van der Waals surface area contributed by atoms with Gasteiger partial charge in [-0.3, -0.25) is 4.79 Å². The number of likely N-dealkylation sites (tertiary alicyclic amines) is 1. The number of nitrogens with zero attached hydrogens (tertiary/aromatic N) is 1. The Morgan fingerprint density at radius 2 is 1.78 bits per heavy atom. The molecule has 2 aliphatic rings. The van der Waals surface area contributed by atoms with Gasteiger partial charge in [0.2, 0.25) is 5.91 Å². The first-order valence-electron chi connectivity index (χ1n) is 9.00. The van der Waals surface area contributed by atoms with Crippen LogP contribution in [0.4, 0.5) is 4.79 Å². The van der Waals surface area contributed by atoms with E-state index in [4.69, 9.17) is 4.74 Å². The van der Waals surface area contributed by atoms with Gasteiger partial charge in [-0.25, -0.2) is 4.79 Å². The Labute approximate surface area is 139 Å². The molecule has 0 bridgehead atoms. The van der Waals surface area contributed by atoms with Gasteiger partial charge in [0, 0.05) is 39.2 Å². The maximum absolute atomic E-state index is 12.3. The van der Waals surface area contributed by atoms with Crippen molar-refractivity contribution < 1.29 is 14.3 Å². The van der Waals surface area contributed by atoms with Crippen LogP contribution in [0.3, 0.4) is 0 Å². The second kappa shape index (κ2) is 9.75. The zero-order valence-corrected chi connectivity index (χ0v) is 14.3. The molecule has 1 saturated carbocycles. The first-order chi connectivity index (χ1) is 11.2. The summed E-state index contributed by atoms with van der Waals surface area (Å²) in [5.74, 6) is 0.475. The SMILES string of the molecule is COCCNC(=O)CC1CCN(C(=O)NC2CCCCC2)CC1. The van der Waals surface area contributed by atoms with Crippen molar-refractivity contribution in [3.63, 3.8) is 0 Å². The number of methoxy groups -OCH3 is 1. The normalized spacial score (nSPS) is 20.3. The number of rotatable bonds is 6. The number of urea groups is 1. The van der Waals surface area contributed by atoms with Gasteiger partial charge in [-0.1, -0.05) is 19.3 Å². The van der Waals surface area contributed by atoms with E-state index in [0.717, 1.165) is 38.8 Å². The molecule has 6 heteroatoms. The molecule has 3 amide bonds. The summed E-state index contributed by atoms with van der Waals surface area (Å²) in [6.45, 7) is 2.63. The maximum atomic E-state index is 12.3. The molecule has 23 heavy (non-hydrogen) atoms. The number of amides is 3. The number of nitrogens with one attached hydrogen (secondary N) is 2. The third-order valence-corrected chi connectivity index (χ3v) is 4.94. The summed E-state index contributed by atoms with van der Waals surface area (Å²) in [5.41, 5.74) is 0. The van der Waals surface area contributed by atoms with E-state index in [9.17, 15) is 9.59 Å². The zero-order valence-electron chi connectivity index (χ0n) is 14.3. The first-order valence-corrected chi connectivity index (χ1v) is 9.00. The molecule has 0 radical (unpaired) electrons. The maximum Gasteiger partial charge on any atom is 0.317 e. The molecular formula is C17H31N3O3. The van der Waals surface area contributed by atoms with Gasteiger partial charge >= 0.3 is 6.03 Å². The van der Waals surface area contributed by atoms with Gasteiger partial charge in [-0.2, -0.15) is 0 Å². The van der Waals surface area contributed by atoms with Crippen LogP contribution >= 0.6 is 0 Å². The van der Waals surface area contributed by atoms with Crippen LogP contribution in [0.25, 0.3) is 0 Å². The first kappa shape index (κ1) is 18.0. The topological polar surface area (TPSA) is 70.7 Å². The number of carbonyl (C=O) groups excluding carboxylic acids is 2. The Morgan fingerprint density at radius 1 is 1.09 bits per heavy atom. The molecule has 1 saturated heterocycles. The number of hydrogen-bond acceptors (Lipinski definition) is 3. The molecule has 0 aromatic rings. The molecule has 1 heterocycles. The lowest BCUT2D eigenvalue weighted by Crippen LogP contribution is -2.48.